The zero-order chi connectivity index (χ0) is 15.6. The van der Waals surface area contributed by atoms with Gasteiger partial charge in [0.2, 0.25) is 0 Å². The number of hydrogen-bond acceptors (Lipinski definition) is 4. The molecule has 0 radical (unpaired) electrons. The van der Waals surface area contributed by atoms with Gasteiger partial charge in [0.25, 0.3) is 0 Å². The molecule has 4 nitrogen and oxygen atoms in total. The maximum atomic E-state index is 11.5. The second kappa shape index (κ2) is 5.64. The van der Waals surface area contributed by atoms with E-state index in [1.165, 1.54) is 6.92 Å². The molecule has 21 heavy (non-hydrogen) atoms. The van der Waals surface area contributed by atoms with Crippen LogP contribution < -0.4 is 5.32 Å². The SMILES string of the molecule is CC(=O)c1cccc(C2C(C#N)=C(C)NC(C)=C2C#N)c1. The summed E-state index contributed by atoms with van der Waals surface area (Å²) < 4.78 is 0. The first-order valence-electron chi connectivity index (χ1n) is 6.59. The van der Waals surface area contributed by atoms with Crippen molar-refractivity contribution in [2.45, 2.75) is 26.7 Å². The van der Waals surface area contributed by atoms with E-state index in [4.69, 9.17) is 0 Å². The van der Waals surface area contributed by atoms with E-state index in [0.29, 0.717) is 16.7 Å². The number of nitrogens with zero attached hydrogens (tertiary/aromatic N) is 2. The Hall–Kier alpha value is -2.85. The minimum Gasteiger partial charge on any atom is -0.361 e. The number of dihydropyridines is 1. The number of carbonyl (C=O) groups is 1. The molecule has 1 aromatic carbocycles. The molecule has 0 atom stereocenters. The van der Waals surface area contributed by atoms with Crippen LogP contribution in [0.1, 0.15) is 42.6 Å². The molecule has 1 aromatic rings. The number of hydrogen-bond donors (Lipinski definition) is 1. The number of benzene rings is 1. The first kappa shape index (κ1) is 14.6. The molecule has 0 saturated heterocycles. The van der Waals surface area contributed by atoms with E-state index in [-0.39, 0.29) is 5.78 Å². The van der Waals surface area contributed by atoms with Crippen molar-refractivity contribution in [1.82, 2.24) is 5.32 Å². The van der Waals surface area contributed by atoms with E-state index in [1.807, 2.05) is 19.9 Å². The number of rotatable bonds is 2. The van der Waals surface area contributed by atoms with Gasteiger partial charge in [-0.25, -0.2) is 0 Å². The summed E-state index contributed by atoms with van der Waals surface area (Å²) in [4.78, 5) is 11.5. The van der Waals surface area contributed by atoms with Crippen molar-refractivity contribution < 1.29 is 4.79 Å². The normalized spacial score (nSPS) is 15.3. The maximum absolute atomic E-state index is 11.5. The zero-order valence-corrected chi connectivity index (χ0v) is 12.2. The molecule has 1 aliphatic heterocycles. The third-order valence-electron chi connectivity index (χ3n) is 3.63. The number of allylic oxidation sites excluding steroid dienone is 4. The van der Waals surface area contributed by atoms with E-state index in [0.717, 1.165) is 17.0 Å². The highest BCUT2D eigenvalue weighted by atomic mass is 16.1. The van der Waals surface area contributed by atoms with Gasteiger partial charge in [-0.1, -0.05) is 18.2 Å². The fourth-order valence-corrected chi connectivity index (χ4v) is 2.56. The van der Waals surface area contributed by atoms with Crippen LogP contribution in [0.4, 0.5) is 0 Å². The first-order valence-corrected chi connectivity index (χ1v) is 6.59. The van der Waals surface area contributed by atoms with Crippen molar-refractivity contribution >= 4 is 5.78 Å². The Balaban J connectivity index is 2.65. The molecule has 2 rings (SSSR count). The van der Waals surface area contributed by atoms with Crippen molar-refractivity contribution in [3.8, 4) is 12.1 Å². The molecule has 1 aliphatic rings. The van der Waals surface area contributed by atoms with E-state index < -0.39 is 5.92 Å². The van der Waals surface area contributed by atoms with Crippen LogP contribution in [0.2, 0.25) is 0 Å². The molecular formula is C17H15N3O. The Labute approximate surface area is 124 Å². The smallest absolute Gasteiger partial charge is 0.159 e. The van der Waals surface area contributed by atoms with Crippen LogP contribution in [0.3, 0.4) is 0 Å². The molecule has 0 unspecified atom stereocenters. The summed E-state index contributed by atoms with van der Waals surface area (Å²) >= 11 is 0. The van der Waals surface area contributed by atoms with E-state index >= 15 is 0 Å². The predicted octanol–water partition coefficient (Wildman–Crippen LogP) is 3.17. The Morgan fingerprint density at radius 1 is 1.14 bits per heavy atom. The van der Waals surface area contributed by atoms with Gasteiger partial charge in [-0.3, -0.25) is 4.79 Å². The largest absolute Gasteiger partial charge is 0.361 e. The van der Waals surface area contributed by atoms with Crippen LogP contribution in [-0.2, 0) is 0 Å². The number of carbonyl (C=O) groups excluding carboxylic acids is 1. The average molecular weight is 277 g/mol. The van der Waals surface area contributed by atoms with Crippen molar-refractivity contribution in [3.63, 3.8) is 0 Å². The molecular weight excluding hydrogens is 262 g/mol. The highest BCUT2D eigenvalue weighted by molar-refractivity contribution is 5.94. The van der Waals surface area contributed by atoms with Crippen LogP contribution in [0, 0.1) is 22.7 Å². The summed E-state index contributed by atoms with van der Waals surface area (Å²) in [5.41, 5.74) is 3.88. The lowest BCUT2D eigenvalue weighted by Crippen LogP contribution is -2.23. The number of nitrogens with one attached hydrogen (secondary N) is 1. The Morgan fingerprint density at radius 3 is 2.19 bits per heavy atom. The lowest BCUT2D eigenvalue weighted by atomic mass is 9.81. The van der Waals surface area contributed by atoms with Gasteiger partial charge in [0.15, 0.2) is 5.78 Å². The molecule has 0 fully saturated rings. The summed E-state index contributed by atoms with van der Waals surface area (Å²) in [6, 6.07) is 11.5. The maximum Gasteiger partial charge on any atom is 0.159 e. The first-order chi connectivity index (χ1) is 9.99. The fraction of sp³-hybridized carbons (Fsp3) is 0.235. The van der Waals surface area contributed by atoms with Gasteiger partial charge in [-0.15, -0.1) is 0 Å². The fourth-order valence-electron chi connectivity index (χ4n) is 2.56. The molecule has 4 heteroatoms. The summed E-state index contributed by atoms with van der Waals surface area (Å²) in [6.07, 6.45) is 0. The Bertz CT molecular complexity index is 721. The van der Waals surface area contributed by atoms with Gasteiger partial charge in [-0.2, -0.15) is 10.5 Å². The lowest BCUT2D eigenvalue weighted by molar-refractivity contribution is 0.101. The monoisotopic (exact) mass is 277 g/mol. The minimum absolute atomic E-state index is 0.0378. The molecule has 1 heterocycles. The van der Waals surface area contributed by atoms with Gasteiger partial charge < -0.3 is 5.32 Å². The van der Waals surface area contributed by atoms with Crippen LogP contribution in [0.25, 0.3) is 0 Å². The minimum atomic E-state index is -0.416. The molecule has 0 aromatic heterocycles. The van der Waals surface area contributed by atoms with Gasteiger partial charge in [-0.05, 0) is 32.4 Å². The third kappa shape index (κ3) is 2.57. The van der Waals surface area contributed by atoms with Crippen LogP contribution >= 0.6 is 0 Å². The van der Waals surface area contributed by atoms with Gasteiger partial charge in [0.05, 0.1) is 29.2 Å². The number of ketones is 1. The lowest BCUT2D eigenvalue weighted by Gasteiger charge is -2.26. The predicted molar refractivity (Wildman–Crippen MR) is 78.9 cm³/mol. The average Bonchev–Trinajstić information content (AvgIpc) is 2.46. The van der Waals surface area contributed by atoms with Crippen LogP contribution in [-0.4, -0.2) is 5.78 Å². The number of nitriles is 2. The van der Waals surface area contributed by atoms with Crippen molar-refractivity contribution in [2.24, 2.45) is 0 Å². The van der Waals surface area contributed by atoms with Gasteiger partial charge >= 0.3 is 0 Å². The van der Waals surface area contributed by atoms with E-state index in [9.17, 15) is 15.3 Å². The molecule has 104 valence electrons. The van der Waals surface area contributed by atoms with Gasteiger partial charge in [0, 0.05) is 17.0 Å². The Kier molecular flexibility index (Phi) is 3.91. The molecule has 0 bridgehead atoms. The molecule has 0 saturated carbocycles. The molecule has 0 aliphatic carbocycles. The second-order valence-corrected chi connectivity index (χ2v) is 5.04. The van der Waals surface area contributed by atoms with E-state index in [2.05, 4.69) is 17.5 Å². The topological polar surface area (TPSA) is 76.7 Å². The van der Waals surface area contributed by atoms with Gasteiger partial charge in [0.1, 0.15) is 0 Å². The standard InChI is InChI=1S/C17H15N3O/c1-10-15(8-18)17(16(9-19)11(2)20-10)14-6-4-5-13(7-14)12(3)21/h4-7,17,20H,1-3H3. The second-order valence-electron chi connectivity index (χ2n) is 5.04. The van der Waals surface area contributed by atoms with Crippen LogP contribution in [0.15, 0.2) is 46.8 Å². The highest BCUT2D eigenvalue weighted by Gasteiger charge is 2.29. The Morgan fingerprint density at radius 2 is 1.71 bits per heavy atom. The molecule has 0 spiro atoms. The zero-order valence-electron chi connectivity index (χ0n) is 12.2. The summed E-state index contributed by atoms with van der Waals surface area (Å²) in [5, 5.41) is 21.9. The quantitative estimate of drug-likeness (QED) is 0.842. The summed E-state index contributed by atoms with van der Waals surface area (Å²) in [5.74, 6) is -0.454. The molecule has 0 amide bonds. The third-order valence-corrected chi connectivity index (χ3v) is 3.63. The van der Waals surface area contributed by atoms with Crippen molar-refractivity contribution in [3.05, 3.63) is 57.9 Å². The van der Waals surface area contributed by atoms with Crippen molar-refractivity contribution in [1.29, 1.82) is 10.5 Å². The number of Topliss-reactive ketones (excluding diaryl/α,β-unsaturated/α-hetero) is 1. The summed E-state index contributed by atoms with van der Waals surface area (Å²) in [6.45, 7) is 5.14. The highest BCUT2D eigenvalue weighted by Crippen LogP contribution is 2.37. The molecule has 1 N–H and O–H groups in total. The van der Waals surface area contributed by atoms with Crippen molar-refractivity contribution in [2.75, 3.05) is 0 Å². The van der Waals surface area contributed by atoms with Crippen LogP contribution in [0.5, 0.6) is 0 Å². The summed E-state index contributed by atoms with van der Waals surface area (Å²) in [7, 11) is 0. The van der Waals surface area contributed by atoms with E-state index in [1.54, 1.807) is 18.2 Å².